The Hall–Kier alpha value is -2.72. The second kappa shape index (κ2) is 16.9. The molecule has 2 aromatic carbocycles. The Morgan fingerprint density at radius 2 is 1.75 bits per heavy atom. The zero-order valence-electron chi connectivity index (χ0n) is 34.0. The third-order valence-electron chi connectivity index (χ3n) is 12.2. The largest absolute Gasteiger partial charge is 0.493 e. The Kier molecular flexibility index (Phi) is 13.4. The predicted octanol–water partition coefficient (Wildman–Crippen LogP) is 7.39. The van der Waals surface area contributed by atoms with Crippen LogP contribution in [-0.2, 0) is 39.2 Å². The smallest absolute Gasteiger partial charge is 0.491 e. The Morgan fingerprint density at radius 3 is 2.34 bits per heavy atom. The molecule has 1 heterocycles. The van der Waals surface area contributed by atoms with Gasteiger partial charge < -0.3 is 19.7 Å². The van der Waals surface area contributed by atoms with Gasteiger partial charge in [0.1, 0.15) is 6.04 Å². The van der Waals surface area contributed by atoms with E-state index in [4.69, 9.17) is 9.47 Å². The Morgan fingerprint density at radius 1 is 1.07 bits per heavy atom. The minimum Gasteiger partial charge on any atom is -0.493 e. The monoisotopic (exact) mass is 870 g/mol. The number of likely N-dealkylation sites (N-methyl/N-ethyl adjacent to an activating group) is 1. The van der Waals surface area contributed by atoms with Gasteiger partial charge in [0.15, 0.2) is 11.5 Å². The zero-order chi connectivity index (χ0) is 41.5. The van der Waals surface area contributed by atoms with Crippen LogP contribution < -0.4 is 14.8 Å². The molecule has 1 saturated heterocycles. The first kappa shape index (κ1) is 44.4. The fourth-order valence-corrected chi connectivity index (χ4v) is 11.3. The molecule has 2 aromatic rings. The molecule has 3 aliphatic carbocycles. The number of nitrogens with one attached hydrogen (secondary N) is 1. The molecule has 6 atom stereocenters. The van der Waals surface area contributed by atoms with Crippen LogP contribution in [0.25, 0.3) is 0 Å². The highest BCUT2D eigenvalue weighted by molar-refractivity contribution is 9.10. The molecule has 1 amide bonds. The lowest BCUT2D eigenvalue weighted by atomic mass is 9.45. The summed E-state index contributed by atoms with van der Waals surface area (Å²) in [6.45, 7) is 14.2. The van der Waals surface area contributed by atoms with Crippen molar-refractivity contribution in [2.45, 2.75) is 111 Å². The van der Waals surface area contributed by atoms with Crippen LogP contribution in [0, 0.1) is 28.6 Å². The van der Waals surface area contributed by atoms with E-state index >= 15 is 0 Å². The van der Waals surface area contributed by atoms with Gasteiger partial charge in [0.05, 0.1) is 12.9 Å². The maximum atomic E-state index is 13.8. The van der Waals surface area contributed by atoms with Gasteiger partial charge in [-0.15, -0.1) is 0 Å². The van der Waals surface area contributed by atoms with Crippen molar-refractivity contribution in [1.82, 2.24) is 19.4 Å². The standard InChI is InChI=1S/C41H58BrF3N4O6S/c1-25-31-18-28(40(31,5)6)19-33(25)46-37(50)34-15-16-56(52,53)49(34)22-27-12-10-11-26(17-27)21-48(29(23-47(7)8)20-39(2,3)4)24-30-32(42)13-14-35(54-9)36(30)55-38(51)41(43,44)45/h10-14,17,25,28-29,31,33-34H,15-16,18-24H2,1-9H3,(H,46,50)/t25-,28+,29-,31-,33-,34?/m0/s1. The van der Waals surface area contributed by atoms with Gasteiger partial charge in [-0.05, 0) is 91.6 Å². The number of ether oxygens (including phenoxy) is 2. The molecule has 312 valence electrons. The van der Waals surface area contributed by atoms with Gasteiger partial charge in [0, 0.05) is 48.3 Å². The number of carbonyl (C=O) groups excluding carboxylic acids is 2. The number of nitrogens with zero attached hydrogens (tertiary/aromatic N) is 3. The number of methoxy groups -OCH3 is 1. The quantitative estimate of drug-likeness (QED) is 0.155. The van der Waals surface area contributed by atoms with Crippen molar-refractivity contribution < 1.29 is 40.7 Å². The second-order valence-corrected chi connectivity index (χ2v) is 21.0. The SMILES string of the molecule is COc1ccc(Br)c(CN(Cc2cccc(CN3C(C(=O)N[C@H]4C[C@H]5C[C@@H]([C@@H]4C)C5(C)C)CCS3(=O)=O)c2)[C@H](CN(C)C)CC(C)(C)C)c1OC(=O)C(F)(F)F. The molecule has 2 bridgehead atoms. The second-order valence-electron chi connectivity index (χ2n) is 18.1. The number of carbonyl (C=O) groups is 2. The fraction of sp³-hybridized carbons (Fsp3) is 0.659. The maximum Gasteiger partial charge on any atom is 0.491 e. The Bertz CT molecular complexity index is 1870. The van der Waals surface area contributed by atoms with E-state index in [0.29, 0.717) is 52.9 Å². The minimum absolute atomic E-state index is 0.0177. The van der Waals surface area contributed by atoms with Crippen molar-refractivity contribution in [2.75, 3.05) is 33.5 Å². The molecule has 3 saturated carbocycles. The molecular weight excluding hydrogens is 813 g/mol. The molecule has 10 nitrogen and oxygen atoms in total. The van der Waals surface area contributed by atoms with Crippen molar-refractivity contribution in [1.29, 1.82) is 0 Å². The third kappa shape index (κ3) is 10.1. The van der Waals surface area contributed by atoms with Crippen LogP contribution in [0.2, 0.25) is 0 Å². The molecule has 4 fully saturated rings. The van der Waals surface area contributed by atoms with E-state index in [1.165, 1.54) is 23.9 Å². The topological polar surface area (TPSA) is 108 Å². The minimum atomic E-state index is -5.22. The van der Waals surface area contributed by atoms with Gasteiger partial charge in [0.2, 0.25) is 15.9 Å². The normalized spacial score (nSPS) is 25.2. The number of esters is 1. The maximum absolute atomic E-state index is 13.8. The van der Waals surface area contributed by atoms with Crippen LogP contribution in [-0.4, -0.2) is 92.2 Å². The van der Waals surface area contributed by atoms with Crippen LogP contribution >= 0.6 is 15.9 Å². The number of amides is 1. The van der Waals surface area contributed by atoms with E-state index in [9.17, 15) is 31.2 Å². The number of sulfonamides is 1. The van der Waals surface area contributed by atoms with E-state index in [2.05, 4.69) is 67.7 Å². The summed E-state index contributed by atoms with van der Waals surface area (Å²) in [5.41, 5.74) is 1.98. The van der Waals surface area contributed by atoms with Gasteiger partial charge in [-0.1, -0.05) is 81.7 Å². The lowest BCUT2D eigenvalue weighted by Gasteiger charge is -2.62. The summed E-state index contributed by atoms with van der Waals surface area (Å²) in [5, 5.41) is 3.24. The molecule has 0 spiro atoms. The Labute approximate surface area is 339 Å². The number of fused-ring (bicyclic) bond motifs is 2. The van der Waals surface area contributed by atoms with Crippen LogP contribution in [0.15, 0.2) is 40.9 Å². The van der Waals surface area contributed by atoms with Crippen molar-refractivity contribution in [3.63, 3.8) is 0 Å². The Balaban J connectivity index is 1.43. The lowest BCUT2D eigenvalue weighted by molar-refractivity contribution is -0.189. The van der Waals surface area contributed by atoms with Crippen LogP contribution in [0.1, 0.15) is 83.9 Å². The first-order valence-electron chi connectivity index (χ1n) is 19.3. The average molecular weight is 872 g/mol. The molecule has 15 heteroatoms. The number of hydrogen-bond acceptors (Lipinski definition) is 8. The van der Waals surface area contributed by atoms with E-state index in [0.717, 1.165) is 12.0 Å². The number of halogens is 4. The highest BCUT2D eigenvalue weighted by Crippen LogP contribution is 2.61. The summed E-state index contributed by atoms with van der Waals surface area (Å²) in [6, 6.07) is 9.70. The fourth-order valence-electron chi connectivity index (χ4n) is 9.15. The van der Waals surface area contributed by atoms with Crippen LogP contribution in [0.5, 0.6) is 11.5 Å². The van der Waals surface area contributed by atoms with Gasteiger partial charge in [0.25, 0.3) is 0 Å². The molecule has 4 aliphatic rings. The van der Waals surface area contributed by atoms with Crippen molar-refractivity contribution in [2.24, 2.45) is 28.6 Å². The highest BCUT2D eigenvalue weighted by atomic mass is 79.9. The third-order valence-corrected chi connectivity index (χ3v) is 14.8. The summed E-state index contributed by atoms with van der Waals surface area (Å²) in [5.74, 6) is -1.66. The van der Waals surface area contributed by atoms with Gasteiger partial charge in [-0.2, -0.15) is 17.5 Å². The van der Waals surface area contributed by atoms with Crippen molar-refractivity contribution in [3.8, 4) is 11.5 Å². The molecule has 56 heavy (non-hydrogen) atoms. The molecule has 1 aliphatic heterocycles. The van der Waals surface area contributed by atoms with E-state index in [-0.39, 0.29) is 65.6 Å². The lowest BCUT2D eigenvalue weighted by Crippen LogP contribution is -2.61. The summed E-state index contributed by atoms with van der Waals surface area (Å²) in [4.78, 5) is 30.1. The van der Waals surface area contributed by atoms with Gasteiger partial charge >= 0.3 is 12.1 Å². The average Bonchev–Trinajstić information content (AvgIpc) is 3.38. The molecule has 6 rings (SSSR count). The number of rotatable bonds is 14. The summed E-state index contributed by atoms with van der Waals surface area (Å²) in [6.07, 6.45) is -2.22. The van der Waals surface area contributed by atoms with Crippen LogP contribution in [0.3, 0.4) is 0 Å². The summed E-state index contributed by atoms with van der Waals surface area (Å²) < 4.78 is 79.4. The first-order chi connectivity index (χ1) is 25.9. The molecule has 1 N–H and O–H groups in total. The highest BCUT2D eigenvalue weighted by Gasteiger charge is 2.57. The molecule has 1 unspecified atom stereocenters. The van der Waals surface area contributed by atoms with E-state index in [1.54, 1.807) is 6.07 Å². The predicted molar refractivity (Wildman–Crippen MR) is 213 cm³/mol. The van der Waals surface area contributed by atoms with Gasteiger partial charge in [-0.3, -0.25) is 9.69 Å². The number of alkyl halides is 3. The first-order valence-corrected chi connectivity index (χ1v) is 21.7. The van der Waals surface area contributed by atoms with Crippen molar-refractivity contribution >= 4 is 37.8 Å². The van der Waals surface area contributed by atoms with Crippen LogP contribution in [0.4, 0.5) is 13.2 Å². The number of hydrogen-bond donors (Lipinski definition) is 1. The number of benzene rings is 2. The zero-order valence-corrected chi connectivity index (χ0v) is 36.4. The van der Waals surface area contributed by atoms with E-state index < -0.39 is 28.2 Å². The van der Waals surface area contributed by atoms with E-state index in [1.807, 2.05) is 43.3 Å². The molecular formula is C41H58BrF3N4O6S. The van der Waals surface area contributed by atoms with Crippen molar-refractivity contribution in [3.05, 3.63) is 57.6 Å². The van der Waals surface area contributed by atoms with Gasteiger partial charge in [-0.25, -0.2) is 13.2 Å². The molecule has 0 aromatic heterocycles. The summed E-state index contributed by atoms with van der Waals surface area (Å²) in [7, 11) is 1.50. The molecule has 0 radical (unpaired) electrons. The summed E-state index contributed by atoms with van der Waals surface area (Å²) >= 11 is 3.50.